The van der Waals surface area contributed by atoms with Crippen LogP contribution in [0, 0.1) is 0 Å². The number of ether oxygens (including phenoxy) is 1. The van der Waals surface area contributed by atoms with Gasteiger partial charge >= 0.3 is 6.09 Å². The van der Waals surface area contributed by atoms with Crippen LogP contribution in [0.1, 0.15) is 44.2 Å². The van der Waals surface area contributed by atoms with Crippen LogP contribution in [0.25, 0.3) is 11.1 Å². The molecule has 3 aromatic rings. The molecule has 10 heteroatoms. The Bertz CT molecular complexity index is 1320. The number of aliphatic hydroxyl groups is 1. The fourth-order valence-electron chi connectivity index (χ4n) is 3.31. The number of benzene rings is 2. The number of carbonyl (C=O) groups is 1. The highest BCUT2D eigenvalue weighted by Gasteiger charge is 2.28. The zero-order valence-electron chi connectivity index (χ0n) is 19.6. The molecule has 0 saturated heterocycles. The Hall–Kier alpha value is -2.65. The van der Waals surface area contributed by atoms with Crippen molar-refractivity contribution in [3.05, 3.63) is 82.1 Å². The van der Waals surface area contributed by atoms with E-state index in [-0.39, 0.29) is 15.6 Å². The third-order valence-electron chi connectivity index (χ3n) is 4.98. The molecule has 0 aliphatic heterocycles. The number of rotatable bonds is 6. The summed E-state index contributed by atoms with van der Waals surface area (Å²) in [6.07, 6.45) is 0.697. The molecule has 186 valence electrons. The van der Waals surface area contributed by atoms with E-state index in [2.05, 4.69) is 10.3 Å². The molecule has 0 aliphatic rings. The van der Waals surface area contributed by atoms with Gasteiger partial charge in [-0.3, -0.25) is 4.98 Å². The van der Waals surface area contributed by atoms with Crippen molar-refractivity contribution in [1.29, 1.82) is 0 Å². The van der Waals surface area contributed by atoms with Gasteiger partial charge in [-0.2, -0.15) is 0 Å². The summed E-state index contributed by atoms with van der Waals surface area (Å²) in [4.78, 5) is 17.1. The van der Waals surface area contributed by atoms with Crippen molar-refractivity contribution < 1.29 is 23.1 Å². The fraction of sp³-hybridized carbons (Fsp3) is 0.280. The second kappa shape index (κ2) is 10.5. The van der Waals surface area contributed by atoms with Gasteiger partial charge in [-0.05, 0) is 62.2 Å². The van der Waals surface area contributed by atoms with Crippen LogP contribution >= 0.6 is 23.2 Å². The van der Waals surface area contributed by atoms with Crippen molar-refractivity contribution in [2.45, 2.75) is 43.4 Å². The van der Waals surface area contributed by atoms with Gasteiger partial charge in [-0.15, -0.1) is 0 Å². The first-order valence-corrected chi connectivity index (χ1v) is 13.3. The molecule has 0 spiro atoms. The van der Waals surface area contributed by atoms with E-state index in [9.17, 15) is 18.3 Å². The van der Waals surface area contributed by atoms with Crippen LogP contribution in [0.15, 0.2) is 65.7 Å². The highest BCUT2D eigenvalue weighted by Crippen LogP contribution is 2.33. The highest BCUT2D eigenvalue weighted by atomic mass is 35.5. The number of halogens is 2. The molecule has 35 heavy (non-hydrogen) atoms. The Labute approximate surface area is 215 Å². The Morgan fingerprint density at radius 1 is 1.03 bits per heavy atom. The highest BCUT2D eigenvalue weighted by molar-refractivity contribution is 7.90. The zero-order chi connectivity index (χ0) is 26.0. The monoisotopic (exact) mass is 536 g/mol. The summed E-state index contributed by atoms with van der Waals surface area (Å²) in [5.74, 6) is 0. The second-order valence-corrected chi connectivity index (χ2v) is 11.8. The standard InChI is InChI=1S/C25H26Cl2N2O5S/c1-25(2,3)34-24(31)29-22(16-8-10-19(26)20(27)13-16)23(30)21-11-9-17(14-28-21)15-6-5-7-18(12-15)35(4,32)33/h5-14,22-23,30H,1-4H3,(H,29,31). The third kappa shape index (κ3) is 7.18. The average molecular weight is 537 g/mol. The second-order valence-electron chi connectivity index (χ2n) is 9.01. The minimum atomic E-state index is -3.36. The van der Waals surface area contributed by atoms with Crippen molar-refractivity contribution in [3.63, 3.8) is 0 Å². The van der Waals surface area contributed by atoms with Gasteiger partial charge in [0.25, 0.3) is 0 Å². The van der Waals surface area contributed by atoms with Gasteiger partial charge in [0.15, 0.2) is 9.84 Å². The maximum atomic E-state index is 12.5. The normalized spacial score (nSPS) is 13.7. The molecule has 0 bridgehead atoms. The predicted octanol–water partition coefficient (Wildman–Crippen LogP) is 5.76. The number of aromatic nitrogens is 1. The number of amides is 1. The minimum absolute atomic E-state index is 0.195. The summed E-state index contributed by atoms with van der Waals surface area (Å²) in [6.45, 7) is 5.20. The lowest BCUT2D eigenvalue weighted by Gasteiger charge is -2.27. The first-order chi connectivity index (χ1) is 16.2. The number of carbonyl (C=O) groups excluding carboxylic acids is 1. The van der Waals surface area contributed by atoms with Gasteiger partial charge in [-0.1, -0.05) is 47.5 Å². The van der Waals surface area contributed by atoms with Gasteiger partial charge in [0.05, 0.1) is 26.7 Å². The van der Waals surface area contributed by atoms with E-state index >= 15 is 0 Å². The van der Waals surface area contributed by atoms with E-state index in [4.69, 9.17) is 27.9 Å². The van der Waals surface area contributed by atoms with Gasteiger partial charge in [0.1, 0.15) is 11.7 Å². The van der Waals surface area contributed by atoms with Gasteiger partial charge < -0.3 is 15.2 Å². The quantitative estimate of drug-likeness (QED) is 0.414. The first-order valence-electron chi connectivity index (χ1n) is 10.6. The van der Waals surface area contributed by atoms with Crippen LogP contribution in [0.2, 0.25) is 10.0 Å². The van der Waals surface area contributed by atoms with E-state index < -0.39 is 33.7 Å². The van der Waals surface area contributed by atoms with Gasteiger partial charge in [-0.25, -0.2) is 13.2 Å². The molecule has 7 nitrogen and oxygen atoms in total. The van der Waals surface area contributed by atoms with E-state index in [1.54, 1.807) is 69.3 Å². The number of pyridine rings is 1. The Morgan fingerprint density at radius 2 is 1.74 bits per heavy atom. The fourth-order valence-corrected chi connectivity index (χ4v) is 4.29. The SMILES string of the molecule is CC(C)(C)OC(=O)NC(c1ccc(Cl)c(Cl)c1)C(O)c1ccc(-c2cccc(S(C)(=O)=O)c2)cn1. The number of alkyl carbamates (subject to hydrolysis) is 1. The molecule has 2 atom stereocenters. The topological polar surface area (TPSA) is 106 Å². The molecular weight excluding hydrogens is 511 g/mol. The van der Waals surface area contributed by atoms with E-state index in [1.165, 1.54) is 12.3 Å². The lowest BCUT2D eigenvalue weighted by molar-refractivity contribution is 0.0415. The summed E-state index contributed by atoms with van der Waals surface area (Å²) < 4.78 is 29.1. The molecule has 2 unspecified atom stereocenters. The molecule has 2 N–H and O–H groups in total. The molecular formula is C25H26Cl2N2O5S. The number of aliphatic hydroxyl groups excluding tert-OH is 1. The Balaban J connectivity index is 1.93. The molecule has 0 aliphatic carbocycles. The van der Waals surface area contributed by atoms with Crippen LogP contribution in [-0.2, 0) is 14.6 Å². The lowest BCUT2D eigenvalue weighted by atomic mass is 9.98. The van der Waals surface area contributed by atoms with Crippen molar-refractivity contribution in [2.75, 3.05) is 6.26 Å². The molecule has 3 rings (SSSR count). The van der Waals surface area contributed by atoms with E-state index in [0.717, 1.165) is 6.26 Å². The maximum absolute atomic E-state index is 12.5. The van der Waals surface area contributed by atoms with Crippen molar-refractivity contribution >= 4 is 39.1 Å². The van der Waals surface area contributed by atoms with Crippen molar-refractivity contribution in [2.24, 2.45) is 0 Å². The van der Waals surface area contributed by atoms with Gasteiger partial charge in [0, 0.05) is 18.0 Å². The molecule has 0 saturated carbocycles. The van der Waals surface area contributed by atoms with Crippen LogP contribution in [0.3, 0.4) is 0 Å². The molecule has 2 aromatic carbocycles. The van der Waals surface area contributed by atoms with Gasteiger partial charge in [0.2, 0.25) is 0 Å². The number of hydrogen-bond donors (Lipinski definition) is 2. The number of hydrogen-bond acceptors (Lipinski definition) is 6. The number of nitrogens with one attached hydrogen (secondary N) is 1. The van der Waals surface area contributed by atoms with Crippen LogP contribution in [0.4, 0.5) is 4.79 Å². The van der Waals surface area contributed by atoms with Crippen molar-refractivity contribution in [1.82, 2.24) is 10.3 Å². The molecule has 1 aromatic heterocycles. The largest absolute Gasteiger partial charge is 0.444 e. The van der Waals surface area contributed by atoms with E-state index in [1.807, 2.05) is 0 Å². The Kier molecular flexibility index (Phi) is 8.11. The number of nitrogens with zero attached hydrogens (tertiary/aromatic N) is 1. The average Bonchev–Trinajstić information content (AvgIpc) is 2.77. The lowest BCUT2D eigenvalue weighted by Crippen LogP contribution is -2.37. The third-order valence-corrected chi connectivity index (χ3v) is 6.82. The van der Waals surface area contributed by atoms with Crippen molar-refractivity contribution in [3.8, 4) is 11.1 Å². The van der Waals surface area contributed by atoms with Crippen LogP contribution in [0.5, 0.6) is 0 Å². The molecule has 1 amide bonds. The van der Waals surface area contributed by atoms with E-state index in [0.29, 0.717) is 21.7 Å². The summed E-state index contributed by atoms with van der Waals surface area (Å²) in [6, 6.07) is 13.7. The van der Waals surface area contributed by atoms with Crippen LogP contribution in [-0.4, -0.2) is 36.5 Å². The smallest absolute Gasteiger partial charge is 0.408 e. The summed E-state index contributed by atoms with van der Waals surface area (Å²) in [7, 11) is -3.36. The first kappa shape index (κ1) is 26.9. The molecule has 1 heterocycles. The van der Waals surface area contributed by atoms with Crippen LogP contribution < -0.4 is 5.32 Å². The zero-order valence-corrected chi connectivity index (χ0v) is 21.9. The summed E-state index contributed by atoms with van der Waals surface area (Å²) >= 11 is 12.2. The number of sulfone groups is 1. The predicted molar refractivity (Wildman–Crippen MR) is 136 cm³/mol. The molecule has 0 radical (unpaired) electrons. The molecule has 0 fully saturated rings. The Morgan fingerprint density at radius 3 is 2.31 bits per heavy atom. The minimum Gasteiger partial charge on any atom is -0.444 e. The summed E-state index contributed by atoms with van der Waals surface area (Å²) in [5.41, 5.74) is 1.37. The maximum Gasteiger partial charge on any atom is 0.408 e. The summed E-state index contributed by atoms with van der Waals surface area (Å²) in [5, 5.41) is 14.4.